The highest BCUT2D eigenvalue weighted by Crippen LogP contribution is 2.46. The van der Waals surface area contributed by atoms with Gasteiger partial charge in [-0.3, -0.25) is 0 Å². The first kappa shape index (κ1) is 39.0. The number of hydrogen-bond acceptors (Lipinski definition) is 0. The summed E-state index contributed by atoms with van der Waals surface area (Å²) in [6.45, 7) is 0. The molecule has 0 bridgehead atoms. The molecule has 14 rings (SSSR count). The van der Waals surface area contributed by atoms with E-state index >= 15 is 0 Å². The Morgan fingerprint density at radius 2 is 0.725 bits per heavy atom. The van der Waals surface area contributed by atoms with Crippen LogP contribution >= 0.6 is 0 Å². The molecule has 0 N–H and O–H groups in total. The van der Waals surface area contributed by atoms with Crippen molar-refractivity contribution >= 4 is 65.4 Å². The lowest BCUT2D eigenvalue weighted by Gasteiger charge is -2.19. The van der Waals surface area contributed by atoms with Gasteiger partial charge >= 0.3 is 0 Å². The maximum Gasteiger partial charge on any atom is 0.0641 e. The maximum atomic E-state index is 2.53. The summed E-state index contributed by atoms with van der Waals surface area (Å²) >= 11 is 0. The van der Waals surface area contributed by atoms with Gasteiger partial charge in [0.2, 0.25) is 0 Å². The van der Waals surface area contributed by atoms with E-state index in [0.29, 0.717) is 0 Å². The Morgan fingerprint density at radius 1 is 0.217 bits per heavy atom. The van der Waals surface area contributed by atoms with Crippen LogP contribution in [0.1, 0.15) is 0 Å². The van der Waals surface area contributed by atoms with E-state index in [1.165, 1.54) is 93.3 Å². The van der Waals surface area contributed by atoms with Gasteiger partial charge in [-0.2, -0.15) is 0 Å². The molecule has 0 aliphatic carbocycles. The van der Waals surface area contributed by atoms with Gasteiger partial charge in [0.15, 0.2) is 0 Å². The molecule has 0 unspecified atom stereocenters. The van der Waals surface area contributed by atoms with Crippen LogP contribution in [-0.4, -0.2) is 13.7 Å². The van der Waals surface area contributed by atoms with Gasteiger partial charge in [0.1, 0.15) is 0 Å². The average Bonchev–Trinajstić information content (AvgIpc) is 4.07. The van der Waals surface area contributed by atoms with E-state index in [-0.39, 0.29) is 0 Å². The first-order chi connectivity index (χ1) is 34.3. The molecular formula is C66H43N3. The van der Waals surface area contributed by atoms with Crippen LogP contribution in [-0.2, 0) is 0 Å². The van der Waals surface area contributed by atoms with Crippen molar-refractivity contribution in [2.45, 2.75) is 0 Å². The molecule has 0 saturated carbocycles. The molecule has 3 nitrogen and oxygen atoms in total. The highest BCUT2D eigenvalue weighted by atomic mass is 15.0. The molecule has 0 saturated heterocycles. The molecule has 69 heavy (non-hydrogen) atoms. The monoisotopic (exact) mass is 877 g/mol. The quantitative estimate of drug-likeness (QED) is 0.152. The van der Waals surface area contributed by atoms with Crippen LogP contribution in [0.4, 0.5) is 0 Å². The third-order valence-corrected chi connectivity index (χ3v) is 14.2. The van der Waals surface area contributed by atoms with Crippen molar-refractivity contribution in [2.75, 3.05) is 0 Å². The Labute approximate surface area is 399 Å². The molecule has 322 valence electrons. The predicted molar refractivity (Wildman–Crippen MR) is 291 cm³/mol. The van der Waals surface area contributed by atoms with Gasteiger partial charge in [0, 0.05) is 54.7 Å². The van der Waals surface area contributed by atoms with E-state index < -0.39 is 0 Å². The largest absolute Gasteiger partial charge is 0.309 e. The molecular weight excluding hydrogens is 835 g/mol. The number of fused-ring (bicyclic) bond motifs is 10. The molecule has 0 radical (unpaired) electrons. The van der Waals surface area contributed by atoms with Crippen LogP contribution in [0.5, 0.6) is 0 Å². The first-order valence-corrected chi connectivity index (χ1v) is 23.8. The van der Waals surface area contributed by atoms with Crippen molar-refractivity contribution in [1.82, 2.24) is 13.7 Å². The summed E-state index contributed by atoms with van der Waals surface area (Å²) < 4.78 is 7.54. The van der Waals surface area contributed by atoms with Crippen molar-refractivity contribution < 1.29 is 0 Å². The van der Waals surface area contributed by atoms with Gasteiger partial charge in [-0.1, -0.05) is 212 Å². The van der Waals surface area contributed by atoms with Gasteiger partial charge in [0.25, 0.3) is 0 Å². The van der Waals surface area contributed by atoms with Gasteiger partial charge < -0.3 is 13.7 Å². The Kier molecular flexibility index (Phi) is 8.90. The van der Waals surface area contributed by atoms with E-state index in [2.05, 4.69) is 275 Å². The fourth-order valence-corrected chi connectivity index (χ4v) is 11.3. The van der Waals surface area contributed by atoms with Crippen molar-refractivity contribution in [3.63, 3.8) is 0 Å². The molecule has 0 aliphatic heterocycles. The number of nitrogens with zero attached hydrogens (tertiary/aromatic N) is 3. The van der Waals surface area contributed by atoms with Crippen LogP contribution in [0, 0.1) is 0 Å². The first-order valence-electron chi connectivity index (χ1n) is 23.8. The smallest absolute Gasteiger partial charge is 0.0641 e. The number of benzene rings is 11. The molecule has 3 heterocycles. The van der Waals surface area contributed by atoms with E-state index in [1.807, 2.05) is 0 Å². The number of para-hydroxylation sites is 5. The number of aromatic nitrogens is 3. The van der Waals surface area contributed by atoms with Gasteiger partial charge in [-0.25, -0.2) is 0 Å². The van der Waals surface area contributed by atoms with Crippen LogP contribution in [0.2, 0.25) is 0 Å². The highest BCUT2D eigenvalue weighted by molar-refractivity contribution is 6.26. The summed E-state index contributed by atoms with van der Waals surface area (Å²) in [4.78, 5) is 0. The summed E-state index contributed by atoms with van der Waals surface area (Å²) in [7, 11) is 0. The van der Waals surface area contributed by atoms with Crippen molar-refractivity contribution in [3.05, 3.63) is 261 Å². The Balaban J connectivity index is 1.06. The Hall–Kier alpha value is -9.18. The fourth-order valence-electron chi connectivity index (χ4n) is 11.3. The zero-order valence-corrected chi connectivity index (χ0v) is 37.7. The summed E-state index contributed by atoms with van der Waals surface area (Å²) in [5.74, 6) is 0. The number of hydrogen-bond donors (Lipinski definition) is 0. The zero-order valence-electron chi connectivity index (χ0n) is 37.7. The lowest BCUT2D eigenvalue weighted by molar-refractivity contribution is 1.17. The normalized spacial score (nSPS) is 11.8. The van der Waals surface area contributed by atoms with E-state index in [9.17, 15) is 0 Å². The van der Waals surface area contributed by atoms with Crippen molar-refractivity contribution in [2.24, 2.45) is 0 Å². The van der Waals surface area contributed by atoms with Crippen molar-refractivity contribution in [3.8, 4) is 61.6 Å². The Bertz CT molecular complexity index is 4290. The zero-order chi connectivity index (χ0) is 45.4. The second-order valence-corrected chi connectivity index (χ2v) is 18.0. The molecule has 0 spiro atoms. The molecule has 14 aromatic rings. The second kappa shape index (κ2) is 15.7. The highest BCUT2D eigenvalue weighted by Gasteiger charge is 2.25. The van der Waals surface area contributed by atoms with Crippen LogP contribution in [0.25, 0.3) is 127 Å². The van der Waals surface area contributed by atoms with E-state index in [0.717, 1.165) is 33.7 Å². The van der Waals surface area contributed by atoms with Crippen LogP contribution in [0.15, 0.2) is 261 Å². The van der Waals surface area contributed by atoms with E-state index in [1.54, 1.807) is 0 Å². The average molecular weight is 878 g/mol. The molecule has 3 heteroatoms. The standard InChI is InChI=1S/C66H43N3/c1-4-20-44(21-5-1)47-26-18-27-49(42-47)67-58-34-14-10-30-53(58)56-40-41-62-64(66(56)67)57-31-13-17-37-61(57)68(62)59-35-15-11-28-51(59)54-32-19-33-55-52-29-12-16-36-60(52)69(65(54)55)63-43-48(45-22-6-2-7-23-45)38-39-50(63)46-24-8-3-9-25-46/h1-43H. The minimum Gasteiger partial charge on any atom is -0.309 e. The maximum absolute atomic E-state index is 2.53. The topological polar surface area (TPSA) is 14.8 Å². The lowest BCUT2D eigenvalue weighted by Crippen LogP contribution is -2.01. The van der Waals surface area contributed by atoms with Gasteiger partial charge in [0.05, 0.1) is 44.5 Å². The van der Waals surface area contributed by atoms with Crippen LogP contribution in [0.3, 0.4) is 0 Å². The van der Waals surface area contributed by atoms with Crippen molar-refractivity contribution in [1.29, 1.82) is 0 Å². The lowest BCUT2D eigenvalue weighted by atomic mass is 9.97. The van der Waals surface area contributed by atoms with Gasteiger partial charge in [-0.15, -0.1) is 0 Å². The summed E-state index contributed by atoms with van der Waals surface area (Å²) in [5.41, 5.74) is 19.9. The SMILES string of the molecule is c1ccc(-c2cccc(-n3c4ccccc4c4ccc5c(c6ccccc6n5-c5ccccc5-c5cccc6c7ccccc7n(-c7cc(-c8ccccc8)ccc7-c7ccccc7)c56)c43)c2)cc1. The summed E-state index contributed by atoms with van der Waals surface area (Å²) in [5, 5.41) is 7.36. The summed E-state index contributed by atoms with van der Waals surface area (Å²) in [6, 6.07) is 95.5. The number of rotatable bonds is 7. The second-order valence-electron chi connectivity index (χ2n) is 18.0. The predicted octanol–water partition coefficient (Wildman–Crippen LogP) is 17.6. The molecule has 0 amide bonds. The summed E-state index contributed by atoms with van der Waals surface area (Å²) in [6.07, 6.45) is 0. The molecule has 3 aromatic heterocycles. The minimum absolute atomic E-state index is 1.13. The molecule has 11 aromatic carbocycles. The third kappa shape index (κ3) is 6.07. The fraction of sp³-hybridized carbons (Fsp3) is 0. The minimum atomic E-state index is 1.13. The molecule has 0 aliphatic rings. The molecule has 0 fully saturated rings. The van der Waals surface area contributed by atoms with E-state index in [4.69, 9.17) is 0 Å². The van der Waals surface area contributed by atoms with Crippen LogP contribution < -0.4 is 0 Å². The third-order valence-electron chi connectivity index (χ3n) is 14.2. The molecule has 0 atom stereocenters. The van der Waals surface area contributed by atoms with Gasteiger partial charge in [-0.05, 0) is 76.3 Å². The Morgan fingerprint density at radius 3 is 1.43 bits per heavy atom.